The molecule has 1 N–H and O–H groups in total. The molecule has 0 aliphatic heterocycles. The Morgan fingerprint density at radius 1 is 0.900 bits per heavy atom. The Kier molecular flexibility index (Phi) is 5.59. The van der Waals surface area contributed by atoms with Gasteiger partial charge in [0.05, 0.1) is 0 Å². The number of hydrogen-bond acceptors (Lipinski definition) is 1. The highest BCUT2D eigenvalue weighted by Crippen LogP contribution is 2.29. The first-order valence-corrected chi connectivity index (χ1v) is 7.58. The van der Waals surface area contributed by atoms with Gasteiger partial charge in [-0.05, 0) is 61.0 Å². The van der Waals surface area contributed by atoms with Crippen molar-refractivity contribution in [3.63, 3.8) is 0 Å². The van der Waals surface area contributed by atoms with Crippen molar-refractivity contribution in [3.8, 4) is 0 Å². The summed E-state index contributed by atoms with van der Waals surface area (Å²) in [4.78, 5) is 0. The van der Waals surface area contributed by atoms with E-state index in [1.165, 1.54) is 0 Å². The Labute approximate surface area is 138 Å². The average molecular weight is 349 g/mol. The maximum atomic E-state index is 6.21. The Bertz CT molecular complexity index is 593. The van der Waals surface area contributed by atoms with Crippen LogP contribution in [0, 0.1) is 0 Å². The Morgan fingerprint density at radius 2 is 1.55 bits per heavy atom. The molecule has 2 rings (SSSR count). The maximum Gasteiger partial charge on any atom is 0.0439 e. The second kappa shape index (κ2) is 7.02. The molecular formula is C15H13Cl4N. The maximum absolute atomic E-state index is 6.21. The first kappa shape index (κ1) is 15.9. The van der Waals surface area contributed by atoms with E-state index >= 15 is 0 Å². The molecule has 106 valence electrons. The molecule has 0 aliphatic rings. The van der Waals surface area contributed by atoms with Gasteiger partial charge in [0.2, 0.25) is 0 Å². The normalized spacial score (nSPS) is 12.4. The second-order valence-corrected chi connectivity index (χ2v) is 6.20. The number of halogens is 4. The molecule has 0 amide bonds. The van der Waals surface area contributed by atoms with Crippen molar-refractivity contribution in [1.82, 2.24) is 5.32 Å². The van der Waals surface area contributed by atoms with Crippen LogP contribution in [0.2, 0.25) is 20.1 Å². The van der Waals surface area contributed by atoms with Crippen LogP contribution in [0.3, 0.4) is 0 Å². The predicted molar refractivity (Wildman–Crippen MR) is 88.4 cm³/mol. The van der Waals surface area contributed by atoms with E-state index in [1.807, 2.05) is 25.2 Å². The lowest BCUT2D eigenvalue weighted by molar-refractivity contribution is 0.592. The van der Waals surface area contributed by atoms with Crippen LogP contribution in [0.15, 0.2) is 36.4 Å². The first-order valence-electron chi connectivity index (χ1n) is 6.07. The molecule has 0 fully saturated rings. The molecule has 0 aromatic heterocycles. The summed E-state index contributed by atoms with van der Waals surface area (Å²) in [6, 6.07) is 11.0. The molecule has 1 unspecified atom stereocenters. The van der Waals surface area contributed by atoms with Crippen molar-refractivity contribution in [2.24, 2.45) is 0 Å². The molecule has 0 spiro atoms. The van der Waals surface area contributed by atoms with E-state index in [1.54, 1.807) is 18.2 Å². The van der Waals surface area contributed by atoms with Gasteiger partial charge in [-0.25, -0.2) is 0 Å². The highest BCUT2D eigenvalue weighted by atomic mass is 35.5. The van der Waals surface area contributed by atoms with E-state index in [0.717, 1.165) is 11.1 Å². The van der Waals surface area contributed by atoms with E-state index in [-0.39, 0.29) is 6.04 Å². The topological polar surface area (TPSA) is 12.0 Å². The molecule has 0 bridgehead atoms. The molecule has 5 heteroatoms. The van der Waals surface area contributed by atoms with Gasteiger partial charge in [-0.3, -0.25) is 0 Å². The lowest BCUT2D eigenvalue weighted by atomic mass is 9.99. The van der Waals surface area contributed by atoms with Crippen molar-refractivity contribution in [1.29, 1.82) is 0 Å². The van der Waals surface area contributed by atoms with E-state index in [4.69, 9.17) is 46.4 Å². The van der Waals surface area contributed by atoms with Crippen LogP contribution in [0.25, 0.3) is 0 Å². The molecule has 2 aromatic rings. The molecule has 2 aromatic carbocycles. The van der Waals surface area contributed by atoms with Crippen molar-refractivity contribution < 1.29 is 0 Å². The number of hydrogen-bond donors (Lipinski definition) is 1. The van der Waals surface area contributed by atoms with Crippen LogP contribution >= 0.6 is 46.4 Å². The van der Waals surface area contributed by atoms with Crippen LogP contribution in [-0.2, 0) is 6.42 Å². The minimum absolute atomic E-state index is 0.0576. The van der Waals surface area contributed by atoms with Crippen molar-refractivity contribution in [3.05, 3.63) is 67.6 Å². The summed E-state index contributed by atoms with van der Waals surface area (Å²) in [5.74, 6) is 0. The minimum Gasteiger partial charge on any atom is -0.313 e. The molecule has 0 aliphatic carbocycles. The molecular weight excluding hydrogens is 336 g/mol. The average Bonchev–Trinajstić information content (AvgIpc) is 2.38. The monoisotopic (exact) mass is 347 g/mol. The van der Waals surface area contributed by atoms with Crippen LogP contribution in [0.1, 0.15) is 17.2 Å². The highest BCUT2D eigenvalue weighted by Gasteiger charge is 2.14. The summed E-state index contributed by atoms with van der Waals surface area (Å²) >= 11 is 24.3. The van der Waals surface area contributed by atoms with Gasteiger partial charge in [-0.15, -0.1) is 0 Å². The fraction of sp³-hybridized carbons (Fsp3) is 0.200. The van der Waals surface area contributed by atoms with Gasteiger partial charge in [0.15, 0.2) is 0 Å². The third-order valence-electron chi connectivity index (χ3n) is 3.07. The molecule has 0 saturated carbocycles. The zero-order valence-electron chi connectivity index (χ0n) is 10.8. The first-order chi connectivity index (χ1) is 9.49. The Balaban J connectivity index is 2.30. The minimum atomic E-state index is 0.0576. The van der Waals surface area contributed by atoms with Crippen LogP contribution in [0.5, 0.6) is 0 Å². The second-order valence-electron chi connectivity index (χ2n) is 4.48. The quantitative estimate of drug-likeness (QED) is 0.735. The largest absolute Gasteiger partial charge is 0.313 e. The third kappa shape index (κ3) is 4.03. The summed E-state index contributed by atoms with van der Waals surface area (Å²) in [7, 11) is 1.89. The van der Waals surface area contributed by atoms with Gasteiger partial charge in [0.25, 0.3) is 0 Å². The lowest BCUT2D eigenvalue weighted by Gasteiger charge is -2.18. The summed E-state index contributed by atoms with van der Waals surface area (Å²) < 4.78 is 0. The number of benzene rings is 2. The fourth-order valence-corrected chi connectivity index (χ4v) is 3.01. The van der Waals surface area contributed by atoms with Crippen LogP contribution in [0.4, 0.5) is 0 Å². The predicted octanol–water partition coefficient (Wildman–Crippen LogP) is 5.80. The molecule has 1 nitrogen and oxygen atoms in total. The van der Waals surface area contributed by atoms with Crippen molar-refractivity contribution in [2.45, 2.75) is 12.5 Å². The van der Waals surface area contributed by atoms with E-state index < -0.39 is 0 Å². The highest BCUT2D eigenvalue weighted by molar-refractivity contribution is 6.34. The number of rotatable bonds is 4. The Morgan fingerprint density at radius 3 is 2.15 bits per heavy atom. The van der Waals surface area contributed by atoms with E-state index in [2.05, 4.69) is 5.32 Å². The van der Waals surface area contributed by atoms with Gasteiger partial charge in [-0.2, -0.15) is 0 Å². The zero-order valence-corrected chi connectivity index (χ0v) is 13.8. The summed E-state index contributed by atoms with van der Waals surface area (Å²) in [5.41, 5.74) is 2.00. The van der Waals surface area contributed by atoms with E-state index in [0.29, 0.717) is 26.5 Å². The molecule has 0 heterocycles. The molecule has 0 radical (unpaired) electrons. The van der Waals surface area contributed by atoms with Crippen LogP contribution in [-0.4, -0.2) is 7.05 Å². The number of likely N-dealkylation sites (N-methyl/N-ethyl adjacent to an activating group) is 1. The SMILES string of the molecule is CNC(Cc1cc(Cl)ccc1Cl)c1cc(Cl)cc(Cl)c1. The van der Waals surface area contributed by atoms with Gasteiger partial charge < -0.3 is 5.32 Å². The Hall–Kier alpha value is -0.440. The number of nitrogens with one attached hydrogen (secondary N) is 1. The smallest absolute Gasteiger partial charge is 0.0439 e. The van der Waals surface area contributed by atoms with Gasteiger partial charge >= 0.3 is 0 Å². The standard InChI is InChI=1S/C15H13Cl4N/c1-20-15(10-5-12(17)8-13(18)6-10)7-9-4-11(16)2-3-14(9)19/h2-6,8,15,20H,7H2,1H3. The summed E-state index contributed by atoms with van der Waals surface area (Å²) in [6.45, 7) is 0. The van der Waals surface area contributed by atoms with Gasteiger partial charge in [-0.1, -0.05) is 46.4 Å². The van der Waals surface area contributed by atoms with E-state index in [9.17, 15) is 0 Å². The zero-order chi connectivity index (χ0) is 14.7. The molecule has 1 atom stereocenters. The lowest BCUT2D eigenvalue weighted by Crippen LogP contribution is -2.19. The third-order valence-corrected chi connectivity index (χ3v) is 4.11. The molecule has 20 heavy (non-hydrogen) atoms. The van der Waals surface area contributed by atoms with Gasteiger partial charge in [0.1, 0.15) is 0 Å². The fourth-order valence-electron chi connectivity index (χ4n) is 2.08. The van der Waals surface area contributed by atoms with Crippen molar-refractivity contribution >= 4 is 46.4 Å². The summed E-state index contributed by atoms with van der Waals surface area (Å²) in [6.07, 6.45) is 0.701. The van der Waals surface area contributed by atoms with Crippen molar-refractivity contribution in [2.75, 3.05) is 7.05 Å². The molecule has 0 saturated heterocycles. The summed E-state index contributed by atoms with van der Waals surface area (Å²) in [5, 5.41) is 5.85. The van der Waals surface area contributed by atoms with Crippen LogP contribution < -0.4 is 5.32 Å². The van der Waals surface area contributed by atoms with Gasteiger partial charge in [0, 0.05) is 26.1 Å².